The van der Waals surface area contributed by atoms with Crippen LogP contribution < -0.4 is 4.74 Å². The van der Waals surface area contributed by atoms with E-state index >= 15 is 0 Å². The van der Waals surface area contributed by atoms with E-state index in [0.29, 0.717) is 18.6 Å². The Hall–Kier alpha value is -2.97. The minimum atomic E-state index is -1.04. The van der Waals surface area contributed by atoms with E-state index in [1.165, 1.54) is 10.0 Å². The summed E-state index contributed by atoms with van der Waals surface area (Å²) in [5.74, 6) is 0.354. The number of carbonyl (C=O) groups is 3. The molecule has 3 atom stereocenters. The van der Waals surface area contributed by atoms with Gasteiger partial charge in [0.1, 0.15) is 11.4 Å². The summed E-state index contributed by atoms with van der Waals surface area (Å²) in [5, 5.41) is 2.50. The molecule has 1 aromatic rings. The van der Waals surface area contributed by atoms with Crippen LogP contribution in [0.5, 0.6) is 5.75 Å². The van der Waals surface area contributed by atoms with Crippen LogP contribution in [-0.4, -0.2) is 58.3 Å². The first-order valence-electron chi connectivity index (χ1n) is 10.1. The minimum absolute atomic E-state index is 0.344. The fourth-order valence-electron chi connectivity index (χ4n) is 3.93. The van der Waals surface area contributed by atoms with Crippen molar-refractivity contribution in [2.75, 3.05) is 0 Å². The number of para-hydroxylation sites is 1. The van der Waals surface area contributed by atoms with Crippen molar-refractivity contribution in [1.82, 2.24) is 10.0 Å². The lowest BCUT2D eigenvalue weighted by atomic mass is 9.98. The molecule has 9 heteroatoms. The van der Waals surface area contributed by atoms with Crippen molar-refractivity contribution in [2.24, 2.45) is 0 Å². The van der Waals surface area contributed by atoms with Crippen LogP contribution in [0.4, 0.5) is 14.4 Å². The Balaban J connectivity index is 1.78. The van der Waals surface area contributed by atoms with Crippen LogP contribution in [0.2, 0.25) is 0 Å². The topological polar surface area (TPSA) is 94.6 Å². The van der Waals surface area contributed by atoms with Gasteiger partial charge in [0.05, 0.1) is 24.3 Å². The zero-order valence-electron chi connectivity index (χ0n) is 17.9. The monoisotopic (exact) mass is 420 g/mol. The molecular weight excluding hydrogens is 392 g/mol. The van der Waals surface area contributed by atoms with Gasteiger partial charge in [0.25, 0.3) is 0 Å². The minimum Gasteiger partial charge on any atom is -0.445 e. The Kier molecular flexibility index (Phi) is 6.09. The van der Waals surface area contributed by atoms with E-state index < -0.39 is 30.0 Å². The lowest BCUT2D eigenvalue weighted by Crippen LogP contribution is -2.62. The van der Waals surface area contributed by atoms with E-state index in [-0.39, 0.29) is 18.2 Å². The van der Waals surface area contributed by atoms with Crippen LogP contribution in [0, 0.1) is 0 Å². The molecule has 2 aliphatic rings. The lowest BCUT2D eigenvalue weighted by Gasteiger charge is -2.44. The van der Waals surface area contributed by atoms with Gasteiger partial charge in [-0.3, -0.25) is 0 Å². The van der Waals surface area contributed by atoms with Crippen LogP contribution in [0.25, 0.3) is 0 Å². The highest BCUT2D eigenvalue weighted by Gasteiger charge is 2.63. The highest BCUT2D eigenvalue weighted by molar-refractivity contribution is 5.77. The molecule has 2 bridgehead atoms. The number of rotatable bonds is 4. The number of carbonyl (C=O) groups excluding carboxylic acids is 3. The van der Waals surface area contributed by atoms with Crippen molar-refractivity contribution in [3.63, 3.8) is 0 Å². The van der Waals surface area contributed by atoms with Crippen molar-refractivity contribution < 1.29 is 33.3 Å². The molecule has 2 amide bonds. The quantitative estimate of drug-likeness (QED) is 0.411. The van der Waals surface area contributed by atoms with Gasteiger partial charge in [0.2, 0.25) is 0 Å². The standard InChI is InChI=1S/C21H28N2O7/c1-13(2)27-18(24)22-15-11-17(23(22)19(25)28-14(3)4)21(5,12-15)30-20(26)29-16-9-7-6-8-10-16/h6-10,13-15,17H,11-12H2,1-5H3. The molecule has 0 aromatic heterocycles. The molecule has 0 N–H and O–H groups in total. The molecule has 1 heterocycles. The van der Waals surface area contributed by atoms with Crippen LogP contribution >= 0.6 is 0 Å². The molecule has 1 aliphatic heterocycles. The molecule has 3 rings (SSSR count). The molecule has 3 unspecified atom stereocenters. The fourth-order valence-corrected chi connectivity index (χ4v) is 3.93. The van der Waals surface area contributed by atoms with E-state index in [1.54, 1.807) is 65.0 Å². The average Bonchev–Trinajstić information content (AvgIpc) is 3.15. The summed E-state index contributed by atoms with van der Waals surface area (Å²) in [6.45, 7) is 8.63. The van der Waals surface area contributed by atoms with Crippen molar-refractivity contribution in [2.45, 2.75) is 77.4 Å². The van der Waals surface area contributed by atoms with E-state index in [2.05, 4.69) is 0 Å². The molecular formula is C21H28N2O7. The number of benzene rings is 1. The maximum atomic E-state index is 12.8. The first kappa shape index (κ1) is 21.7. The summed E-state index contributed by atoms with van der Waals surface area (Å²) in [5.41, 5.74) is -1.04. The summed E-state index contributed by atoms with van der Waals surface area (Å²) in [6.07, 6.45) is -2.13. The third-order valence-electron chi connectivity index (χ3n) is 5.02. The lowest BCUT2D eigenvalue weighted by molar-refractivity contribution is -0.124. The second-order valence-electron chi connectivity index (χ2n) is 8.24. The second-order valence-corrected chi connectivity index (χ2v) is 8.24. The molecule has 2 fully saturated rings. The van der Waals surface area contributed by atoms with Gasteiger partial charge in [-0.15, -0.1) is 0 Å². The SMILES string of the molecule is CC(C)OC(=O)N1C2CC(N1C(=O)OC(C)C)C(C)(OC(=O)Oc1ccccc1)C2. The molecule has 1 aromatic carbocycles. The van der Waals surface area contributed by atoms with Gasteiger partial charge in [-0.05, 0) is 53.2 Å². The molecule has 0 spiro atoms. The van der Waals surface area contributed by atoms with Crippen LogP contribution in [0.3, 0.4) is 0 Å². The highest BCUT2D eigenvalue weighted by Crippen LogP contribution is 2.47. The number of nitrogens with zero attached hydrogens (tertiary/aromatic N) is 2. The fraction of sp³-hybridized carbons (Fsp3) is 0.571. The second kappa shape index (κ2) is 8.41. The van der Waals surface area contributed by atoms with E-state index in [0.717, 1.165) is 0 Å². The molecule has 1 aliphatic carbocycles. The average molecular weight is 420 g/mol. The van der Waals surface area contributed by atoms with Gasteiger partial charge < -0.3 is 18.9 Å². The summed E-state index contributed by atoms with van der Waals surface area (Å²) < 4.78 is 21.5. The number of hydrogen-bond acceptors (Lipinski definition) is 7. The van der Waals surface area contributed by atoms with Crippen LogP contribution in [0.1, 0.15) is 47.5 Å². The number of amides is 2. The van der Waals surface area contributed by atoms with Crippen LogP contribution in [-0.2, 0) is 14.2 Å². The van der Waals surface area contributed by atoms with E-state index in [1.807, 2.05) is 0 Å². The van der Waals surface area contributed by atoms with E-state index in [9.17, 15) is 14.4 Å². The van der Waals surface area contributed by atoms with Gasteiger partial charge in [-0.2, -0.15) is 0 Å². The summed E-state index contributed by atoms with van der Waals surface area (Å²) in [6, 6.07) is 7.61. The van der Waals surface area contributed by atoms with Gasteiger partial charge in [-0.25, -0.2) is 24.4 Å². The summed E-state index contributed by atoms with van der Waals surface area (Å²) in [4.78, 5) is 37.8. The maximum Gasteiger partial charge on any atom is 0.514 e. The first-order chi connectivity index (χ1) is 14.1. The highest BCUT2D eigenvalue weighted by atomic mass is 16.7. The Morgan fingerprint density at radius 2 is 1.53 bits per heavy atom. The smallest absolute Gasteiger partial charge is 0.445 e. The largest absolute Gasteiger partial charge is 0.514 e. The first-order valence-corrected chi connectivity index (χ1v) is 10.1. The number of ether oxygens (including phenoxy) is 4. The number of hydrazine groups is 1. The molecule has 30 heavy (non-hydrogen) atoms. The summed E-state index contributed by atoms with van der Waals surface area (Å²) >= 11 is 0. The van der Waals surface area contributed by atoms with Gasteiger partial charge >= 0.3 is 18.3 Å². The molecule has 0 radical (unpaired) electrons. The van der Waals surface area contributed by atoms with Crippen molar-refractivity contribution in [3.8, 4) is 5.75 Å². The Labute approximate surface area is 175 Å². The zero-order chi connectivity index (χ0) is 22.1. The molecule has 1 saturated carbocycles. The van der Waals surface area contributed by atoms with Crippen molar-refractivity contribution >= 4 is 18.3 Å². The van der Waals surface area contributed by atoms with Gasteiger partial charge in [0, 0.05) is 6.42 Å². The Morgan fingerprint density at radius 1 is 0.967 bits per heavy atom. The third-order valence-corrected chi connectivity index (χ3v) is 5.02. The Bertz CT molecular complexity index is 798. The predicted octanol–water partition coefficient (Wildman–Crippen LogP) is 4.11. The predicted molar refractivity (Wildman–Crippen MR) is 106 cm³/mol. The van der Waals surface area contributed by atoms with Crippen molar-refractivity contribution in [1.29, 1.82) is 0 Å². The van der Waals surface area contributed by atoms with Crippen molar-refractivity contribution in [3.05, 3.63) is 30.3 Å². The third kappa shape index (κ3) is 4.44. The van der Waals surface area contributed by atoms with Gasteiger partial charge in [0.15, 0.2) is 0 Å². The van der Waals surface area contributed by atoms with E-state index in [4.69, 9.17) is 18.9 Å². The maximum absolute atomic E-state index is 12.8. The number of fused-ring (bicyclic) bond motifs is 2. The van der Waals surface area contributed by atoms with Crippen LogP contribution in [0.15, 0.2) is 30.3 Å². The normalized spacial score (nSPS) is 24.9. The number of hydrogen-bond donors (Lipinski definition) is 0. The molecule has 1 saturated heterocycles. The Morgan fingerprint density at radius 3 is 2.10 bits per heavy atom. The molecule has 164 valence electrons. The zero-order valence-corrected chi connectivity index (χ0v) is 17.9. The molecule has 9 nitrogen and oxygen atoms in total. The summed E-state index contributed by atoms with van der Waals surface area (Å²) in [7, 11) is 0. The van der Waals surface area contributed by atoms with Gasteiger partial charge in [-0.1, -0.05) is 18.2 Å².